The van der Waals surface area contributed by atoms with E-state index in [9.17, 15) is 5.11 Å². The minimum absolute atomic E-state index is 0.268. The van der Waals surface area contributed by atoms with Crippen LogP contribution in [0.15, 0.2) is 30.3 Å². The molecule has 3 rings (SSSR count). The van der Waals surface area contributed by atoms with Crippen LogP contribution in [0.5, 0.6) is 0 Å². The van der Waals surface area contributed by atoms with Crippen LogP contribution < -0.4 is 0 Å². The normalized spacial score (nSPS) is 39.5. The van der Waals surface area contributed by atoms with Gasteiger partial charge in [-0.3, -0.25) is 0 Å². The van der Waals surface area contributed by atoms with E-state index in [1.807, 2.05) is 6.07 Å². The molecule has 3 unspecified atom stereocenters. The lowest BCUT2D eigenvalue weighted by atomic mass is 9.92. The summed E-state index contributed by atoms with van der Waals surface area (Å²) < 4.78 is 0. The molecule has 0 amide bonds. The lowest BCUT2D eigenvalue weighted by Crippen LogP contribution is -2.21. The minimum atomic E-state index is -0.268. The molecular formula is C13H16O. The van der Waals surface area contributed by atoms with Gasteiger partial charge in [-0.2, -0.15) is 0 Å². The second-order valence-corrected chi connectivity index (χ2v) is 4.86. The molecule has 0 bridgehead atoms. The van der Waals surface area contributed by atoms with Crippen LogP contribution in [-0.2, 0) is 6.42 Å². The molecule has 14 heavy (non-hydrogen) atoms. The van der Waals surface area contributed by atoms with E-state index in [2.05, 4.69) is 24.3 Å². The van der Waals surface area contributed by atoms with Crippen LogP contribution in [-0.4, -0.2) is 10.7 Å². The summed E-state index contributed by atoms with van der Waals surface area (Å²) in [6.07, 6.45) is 4.59. The number of rotatable bonds is 2. The molecule has 1 N–H and O–H groups in total. The number of fused-ring (bicyclic) bond motifs is 1. The summed E-state index contributed by atoms with van der Waals surface area (Å²) in [5, 5.41) is 10.2. The van der Waals surface area contributed by atoms with Crippen molar-refractivity contribution in [1.82, 2.24) is 0 Å². The molecule has 0 heterocycles. The molecular weight excluding hydrogens is 172 g/mol. The second-order valence-electron chi connectivity index (χ2n) is 4.86. The third kappa shape index (κ3) is 1.19. The largest absolute Gasteiger partial charge is 0.389 e. The fourth-order valence-electron chi connectivity index (χ4n) is 3.02. The van der Waals surface area contributed by atoms with Crippen LogP contribution in [0.1, 0.15) is 24.8 Å². The Labute approximate surface area is 84.8 Å². The van der Waals surface area contributed by atoms with E-state index in [0.29, 0.717) is 11.8 Å². The molecule has 1 nitrogen and oxygen atoms in total. The first-order valence-electron chi connectivity index (χ1n) is 5.55. The van der Waals surface area contributed by atoms with Gasteiger partial charge in [-0.25, -0.2) is 0 Å². The van der Waals surface area contributed by atoms with Crippen LogP contribution in [0.25, 0.3) is 0 Å². The van der Waals surface area contributed by atoms with Gasteiger partial charge in [0.2, 0.25) is 0 Å². The molecule has 0 saturated heterocycles. The molecule has 2 aliphatic carbocycles. The van der Waals surface area contributed by atoms with Crippen molar-refractivity contribution < 1.29 is 5.11 Å². The standard InChI is InChI=1S/C13H16O/c14-13-9-12(13)7-6-11(13)8-10-4-2-1-3-5-10/h1-5,11-12,14H,6-9H2. The topological polar surface area (TPSA) is 20.2 Å². The Hall–Kier alpha value is -0.820. The third-order valence-corrected chi connectivity index (χ3v) is 4.02. The van der Waals surface area contributed by atoms with Gasteiger partial charge in [0.05, 0.1) is 5.60 Å². The average molecular weight is 188 g/mol. The molecule has 0 spiro atoms. The summed E-state index contributed by atoms with van der Waals surface area (Å²) >= 11 is 0. The van der Waals surface area contributed by atoms with Crippen LogP contribution in [0.3, 0.4) is 0 Å². The van der Waals surface area contributed by atoms with Crippen molar-refractivity contribution in [3.63, 3.8) is 0 Å². The van der Waals surface area contributed by atoms with Crippen LogP contribution in [0.4, 0.5) is 0 Å². The highest BCUT2D eigenvalue weighted by atomic mass is 16.3. The van der Waals surface area contributed by atoms with Crippen molar-refractivity contribution >= 4 is 0 Å². The van der Waals surface area contributed by atoms with Crippen LogP contribution in [0.2, 0.25) is 0 Å². The molecule has 0 aliphatic heterocycles. The van der Waals surface area contributed by atoms with Crippen molar-refractivity contribution in [1.29, 1.82) is 0 Å². The summed E-state index contributed by atoms with van der Waals surface area (Å²) in [6.45, 7) is 0. The maximum atomic E-state index is 10.2. The van der Waals surface area contributed by atoms with Crippen LogP contribution >= 0.6 is 0 Å². The first-order valence-corrected chi connectivity index (χ1v) is 5.55. The lowest BCUT2D eigenvalue weighted by Gasteiger charge is -2.17. The van der Waals surface area contributed by atoms with Crippen molar-refractivity contribution in [2.75, 3.05) is 0 Å². The van der Waals surface area contributed by atoms with Crippen LogP contribution in [0, 0.1) is 11.8 Å². The first-order chi connectivity index (χ1) is 6.79. The predicted octanol–water partition coefficient (Wildman–Crippen LogP) is 2.39. The molecule has 0 radical (unpaired) electrons. The van der Waals surface area contributed by atoms with Crippen molar-refractivity contribution in [3.8, 4) is 0 Å². The molecule has 1 heteroatoms. The Morgan fingerprint density at radius 1 is 1.21 bits per heavy atom. The van der Waals surface area contributed by atoms with E-state index in [1.54, 1.807) is 0 Å². The molecule has 2 saturated carbocycles. The summed E-state index contributed by atoms with van der Waals surface area (Å²) in [5.41, 5.74) is 1.11. The van der Waals surface area contributed by atoms with Gasteiger partial charge in [-0.05, 0) is 43.1 Å². The van der Waals surface area contributed by atoms with E-state index >= 15 is 0 Å². The zero-order chi connectivity index (χ0) is 9.60. The Bertz CT molecular complexity index is 330. The smallest absolute Gasteiger partial charge is 0.0711 e. The zero-order valence-corrected chi connectivity index (χ0v) is 8.32. The molecule has 2 aliphatic rings. The van der Waals surface area contributed by atoms with E-state index < -0.39 is 0 Å². The SMILES string of the molecule is OC12CC1CCC2Cc1ccccc1. The number of benzene rings is 1. The summed E-state index contributed by atoms with van der Waals surface area (Å²) in [5.74, 6) is 1.16. The van der Waals surface area contributed by atoms with Gasteiger partial charge < -0.3 is 5.11 Å². The quantitative estimate of drug-likeness (QED) is 0.755. The van der Waals surface area contributed by atoms with E-state index in [-0.39, 0.29) is 5.60 Å². The number of hydrogen-bond donors (Lipinski definition) is 1. The Morgan fingerprint density at radius 3 is 2.57 bits per heavy atom. The highest BCUT2D eigenvalue weighted by Crippen LogP contribution is 2.59. The van der Waals surface area contributed by atoms with E-state index in [1.165, 1.54) is 18.4 Å². The number of aliphatic hydroxyl groups is 1. The van der Waals surface area contributed by atoms with E-state index in [4.69, 9.17) is 0 Å². The van der Waals surface area contributed by atoms with Gasteiger partial charge in [0.15, 0.2) is 0 Å². The Balaban J connectivity index is 1.74. The highest BCUT2D eigenvalue weighted by molar-refractivity contribution is 5.20. The van der Waals surface area contributed by atoms with Gasteiger partial charge in [-0.15, -0.1) is 0 Å². The monoisotopic (exact) mass is 188 g/mol. The molecule has 1 aromatic carbocycles. The maximum Gasteiger partial charge on any atom is 0.0711 e. The van der Waals surface area contributed by atoms with Gasteiger partial charge in [0.25, 0.3) is 0 Å². The maximum absolute atomic E-state index is 10.2. The summed E-state index contributed by atoms with van der Waals surface area (Å²) in [7, 11) is 0. The Morgan fingerprint density at radius 2 is 2.00 bits per heavy atom. The number of hydrogen-bond acceptors (Lipinski definition) is 1. The van der Waals surface area contributed by atoms with E-state index in [0.717, 1.165) is 12.8 Å². The minimum Gasteiger partial charge on any atom is -0.389 e. The predicted molar refractivity (Wildman–Crippen MR) is 55.9 cm³/mol. The third-order valence-electron chi connectivity index (χ3n) is 4.02. The van der Waals surface area contributed by atoms with Gasteiger partial charge in [-0.1, -0.05) is 30.3 Å². The highest BCUT2D eigenvalue weighted by Gasteiger charge is 2.61. The Kier molecular flexibility index (Phi) is 1.72. The fraction of sp³-hybridized carbons (Fsp3) is 0.538. The zero-order valence-electron chi connectivity index (χ0n) is 8.32. The molecule has 3 atom stereocenters. The lowest BCUT2D eigenvalue weighted by molar-refractivity contribution is 0.0891. The summed E-state index contributed by atoms with van der Waals surface area (Å²) in [4.78, 5) is 0. The van der Waals surface area contributed by atoms with Gasteiger partial charge in [0, 0.05) is 0 Å². The summed E-state index contributed by atoms with van der Waals surface area (Å²) in [6, 6.07) is 10.5. The molecule has 1 aromatic rings. The average Bonchev–Trinajstić information content (AvgIpc) is 2.79. The first kappa shape index (κ1) is 8.49. The molecule has 0 aromatic heterocycles. The van der Waals surface area contributed by atoms with Crippen molar-refractivity contribution in [2.24, 2.45) is 11.8 Å². The van der Waals surface area contributed by atoms with Crippen molar-refractivity contribution in [3.05, 3.63) is 35.9 Å². The second kappa shape index (κ2) is 2.83. The van der Waals surface area contributed by atoms with Gasteiger partial charge >= 0.3 is 0 Å². The molecule has 2 fully saturated rings. The van der Waals surface area contributed by atoms with Gasteiger partial charge in [0.1, 0.15) is 0 Å². The fourth-order valence-corrected chi connectivity index (χ4v) is 3.02. The van der Waals surface area contributed by atoms with Crippen molar-refractivity contribution in [2.45, 2.75) is 31.3 Å². The molecule has 74 valence electrons.